The molecule has 3 aromatic carbocycles. The van der Waals surface area contributed by atoms with E-state index < -0.39 is 6.10 Å². The number of carbonyl (C=O) groups excluding carboxylic acids is 2. The first-order valence-electron chi connectivity index (χ1n) is 10.6. The van der Waals surface area contributed by atoms with Crippen molar-refractivity contribution in [3.8, 4) is 5.75 Å². The molecular formula is C26H26N2O3. The van der Waals surface area contributed by atoms with E-state index in [0.717, 1.165) is 11.1 Å². The smallest absolute Gasteiger partial charge is 0.267 e. The molecule has 0 spiro atoms. The zero-order chi connectivity index (χ0) is 21.8. The summed E-state index contributed by atoms with van der Waals surface area (Å²) >= 11 is 0. The largest absolute Gasteiger partial charge is 0.479 e. The highest BCUT2D eigenvalue weighted by Crippen LogP contribution is 2.36. The minimum Gasteiger partial charge on any atom is -0.479 e. The Labute approximate surface area is 182 Å². The Morgan fingerprint density at radius 1 is 1.00 bits per heavy atom. The van der Waals surface area contributed by atoms with Gasteiger partial charge in [0.1, 0.15) is 5.75 Å². The van der Waals surface area contributed by atoms with Crippen molar-refractivity contribution in [1.82, 2.24) is 0 Å². The number of ether oxygens (including phenoxy) is 1. The van der Waals surface area contributed by atoms with Gasteiger partial charge in [-0.1, -0.05) is 60.7 Å². The first-order valence-corrected chi connectivity index (χ1v) is 10.6. The molecule has 2 amide bonds. The van der Waals surface area contributed by atoms with Crippen molar-refractivity contribution in [2.45, 2.75) is 32.3 Å². The molecule has 1 atom stereocenters. The Bertz CT molecular complexity index is 1030. The van der Waals surface area contributed by atoms with Crippen LogP contribution in [0.3, 0.4) is 0 Å². The molecule has 3 aromatic rings. The standard InChI is InChI=1S/C26H26N2O3/c1-3-28-23-16-21(14-15-24(23)31-18(2)26(28)30)27-25(29)17-22(19-10-6-4-7-11-19)20-12-8-5-9-13-20/h4-16,18,22H,3,17H2,1-2H3,(H,27,29). The fraction of sp³-hybridized carbons (Fsp3) is 0.231. The third-order valence-electron chi connectivity index (χ3n) is 5.56. The molecule has 1 aliphatic rings. The number of nitrogens with zero attached hydrogens (tertiary/aromatic N) is 1. The van der Waals surface area contributed by atoms with E-state index in [1.54, 1.807) is 17.9 Å². The molecule has 0 aromatic heterocycles. The molecule has 0 saturated heterocycles. The topological polar surface area (TPSA) is 58.6 Å². The normalized spacial score (nSPS) is 15.4. The summed E-state index contributed by atoms with van der Waals surface area (Å²) in [6.45, 7) is 4.22. The maximum absolute atomic E-state index is 13.0. The third-order valence-corrected chi connectivity index (χ3v) is 5.56. The molecule has 0 fully saturated rings. The molecule has 158 valence electrons. The molecule has 1 aliphatic heterocycles. The lowest BCUT2D eigenvalue weighted by Crippen LogP contribution is -2.44. The highest BCUT2D eigenvalue weighted by molar-refractivity contribution is 6.01. The van der Waals surface area contributed by atoms with Crippen LogP contribution in [0.5, 0.6) is 5.75 Å². The van der Waals surface area contributed by atoms with Gasteiger partial charge in [-0.25, -0.2) is 0 Å². The number of hydrogen-bond acceptors (Lipinski definition) is 3. The SMILES string of the molecule is CCN1C(=O)C(C)Oc2ccc(NC(=O)CC(c3ccccc3)c3ccccc3)cc21. The van der Waals surface area contributed by atoms with E-state index in [4.69, 9.17) is 4.74 Å². The zero-order valence-electron chi connectivity index (χ0n) is 17.7. The van der Waals surface area contributed by atoms with Crippen molar-refractivity contribution >= 4 is 23.2 Å². The van der Waals surface area contributed by atoms with E-state index in [0.29, 0.717) is 30.1 Å². The Kier molecular flexibility index (Phi) is 6.03. The lowest BCUT2D eigenvalue weighted by Gasteiger charge is -2.32. The molecule has 0 bridgehead atoms. The minimum absolute atomic E-state index is 0.0436. The van der Waals surface area contributed by atoms with Gasteiger partial charge in [-0.15, -0.1) is 0 Å². The molecule has 5 nitrogen and oxygen atoms in total. The number of fused-ring (bicyclic) bond motifs is 1. The number of anilines is 2. The summed E-state index contributed by atoms with van der Waals surface area (Å²) in [6.07, 6.45) is -0.194. The van der Waals surface area contributed by atoms with E-state index in [1.807, 2.05) is 79.7 Å². The van der Waals surface area contributed by atoms with Crippen LogP contribution in [0.4, 0.5) is 11.4 Å². The highest BCUT2D eigenvalue weighted by Gasteiger charge is 2.30. The van der Waals surface area contributed by atoms with E-state index in [9.17, 15) is 9.59 Å². The molecule has 1 unspecified atom stereocenters. The Morgan fingerprint density at radius 2 is 1.61 bits per heavy atom. The van der Waals surface area contributed by atoms with Crippen LogP contribution in [-0.2, 0) is 9.59 Å². The Hall–Kier alpha value is -3.60. The molecule has 0 saturated carbocycles. The molecule has 0 radical (unpaired) electrons. The molecular weight excluding hydrogens is 388 g/mol. The number of likely N-dealkylation sites (N-methyl/N-ethyl adjacent to an activating group) is 1. The fourth-order valence-electron chi connectivity index (χ4n) is 4.01. The molecule has 4 rings (SSSR count). The number of benzene rings is 3. The van der Waals surface area contributed by atoms with Crippen LogP contribution in [0.1, 0.15) is 37.3 Å². The van der Waals surface area contributed by atoms with Crippen LogP contribution in [0.25, 0.3) is 0 Å². The summed E-state index contributed by atoms with van der Waals surface area (Å²) in [4.78, 5) is 27.1. The average Bonchev–Trinajstić information content (AvgIpc) is 2.80. The van der Waals surface area contributed by atoms with E-state index in [2.05, 4.69) is 5.32 Å². The van der Waals surface area contributed by atoms with Crippen molar-refractivity contribution in [2.75, 3.05) is 16.8 Å². The first kappa shape index (κ1) is 20.7. The van der Waals surface area contributed by atoms with Crippen molar-refractivity contribution in [3.63, 3.8) is 0 Å². The predicted octanol–water partition coefficient (Wildman–Crippen LogP) is 4.98. The molecule has 5 heteroatoms. The highest BCUT2D eigenvalue weighted by atomic mass is 16.5. The summed E-state index contributed by atoms with van der Waals surface area (Å²) in [6, 6.07) is 25.5. The maximum Gasteiger partial charge on any atom is 0.267 e. The van der Waals surface area contributed by atoms with Gasteiger partial charge in [-0.3, -0.25) is 9.59 Å². The van der Waals surface area contributed by atoms with Crippen molar-refractivity contribution in [2.24, 2.45) is 0 Å². The van der Waals surface area contributed by atoms with Crippen LogP contribution in [0, 0.1) is 0 Å². The van der Waals surface area contributed by atoms with Crippen LogP contribution in [0.15, 0.2) is 78.9 Å². The van der Waals surface area contributed by atoms with Crippen LogP contribution < -0.4 is 15.0 Å². The van der Waals surface area contributed by atoms with Gasteiger partial charge in [0.15, 0.2) is 6.10 Å². The van der Waals surface area contributed by atoms with Crippen molar-refractivity contribution < 1.29 is 14.3 Å². The van der Waals surface area contributed by atoms with Crippen LogP contribution in [-0.4, -0.2) is 24.5 Å². The Balaban J connectivity index is 1.55. The predicted molar refractivity (Wildman–Crippen MR) is 123 cm³/mol. The molecule has 0 aliphatic carbocycles. The summed E-state index contributed by atoms with van der Waals surface area (Å²) in [7, 11) is 0. The minimum atomic E-state index is -0.509. The molecule has 1 N–H and O–H groups in total. The van der Waals surface area contributed by atoms with Gasteiger partial charge in [0, 0.05) is 24.6 Å². The van der Waals surface area contributed by atoms with Crippen LogP contribution in [0.2, 0.25) is 0 Å². The van der Waals surface area contributed by atoms with Crippen LogP contribution >= 0.6 is 0 Å². The van der Waals surface area contributed by atoms with Gasteiger partial charge in [0.2, 0.25) is 5.91 Å². The average molecular weight is 415 g/mol. The fourth-order valence-corrected chi connectivity index (χ4v) is 4.01. The zero-order valence-corrected chi connectivity index (χ0v) is 17.7. The lowest BCUT2D eigenvalue weighted by atomic mass is 9.88. The number of carbonyl (C=O) groups is 2. The van der Waals surface area contributed by atoms with Gasteiger partial charge in [-0.2, -0.15) is 0 Å². The number of nitrogens with one attached hydrogen (secondary N) is 1. The second-order valence-electron chi connectivity index (χ2n) is 7.65. The van der Waals surface area contributed by atoms with Crippen molar-refractivity contribution in [3.05, 3.63) is 90.0 Å². The summed E-state index contributed by atoms with van der Waals surface area (Å²) < 4.78 is 5.71. The van der Waals surface area contributed by atoms with E-state index in [1.165, 1.54) is 0 Å². The second kappa shape index (κ2) is 9.04. The number of hydrogen-bond donors (Lipinski definition) is 1. The molecule has 31 heavy (non-hydrogen) atoms. The van der Waals surface area contributed by atoms with Gasteiger partial charge < -0.3 is 15.0 Å². The lowest BCUT2D eigenvalue weighted by molar-refractivity contribution is -0.125. The van der Waals surface area contributed by atoms with Crippen molar-refractivity contribution in [1.29, 1.82) is 0 Å². The van der Waals surface area contributed by atoms with Gasteiger partial charge in [0.25, 0.3) is 5.91 Å². The summed E-state index contributed by atoms with van der Waals surface area (Å²) in [5.41, 5.74) is 3.53. The number of amides is 2. The quantitative estimate of drug-likeness (QED) is 0.619. The third kappa shape index (κ3) is 4.45. The summed E-state index contributed by atoms with van der Waals surface area (Å²) in [5, 5.41) is 3.00. The van der Waals surface area contributed by atoms with E-state index in [-0.39, 0.29) is 17.7 Å². The maximum atomic E-state index is 13.0. The van der Waals surface area contributed by atoms with Gasteiger partial charge in [0.05, 0.1) is 5.69 Å². The van der Waals surface area contributed by atoms with E-state index >= 15 is 0 Å². The molecule has 1 heterocycles. The first-order chi connectivity index (χ1) is 15.1. The van der Waals surface area contributed by atoms with Gasteiger partial charge in [-0.05, 0) is 43.2 Å². The number of rotatable bonds is 6. The summed E-state index contributed by atoms with van der Waals surface area (Å²) in [5.74, 6) is 0.445. The second-order valence-corrected chi connectivity index (χ2v) is 7.65. The Morgan fingerprint density at radius 3 is 2.19 bits per heavy atom. The van der Waals surface area contributed by atoms with Gasteiger partial charge >= 0.3 is 0 Å². The monoisotopic (exact) mass is 414 g/mol.